The van der Waals surface area contributed by atoms with Crippen LogP contribution in [-0.4, -0.2) is 19.7 Å². The molecule has 7 heteroatoms. The topological polar surface area (TPSA) is 42.3 Å². The van der Waals surface area contributed by atoms with E-state index < -0.39 is 27.6 Å². The summed E-state index contributed by atoms with van der Waals surface area (Å²) in [6.07, 6.45) is -4.50. The SMILES string of the molecule is C/C(=N\[S@@](=O)C(C)(C)C)c1cccc(C(F)(F)F)n1. The van der Waals surface area contributed by atoms with Crippen LogP contribution >= 0.6 is 0 Å². The van der Waals surface area contributed by atoms with Crippen LogP contribution in [0.5, 0.6) is 0 Å². The standard InChI is InChI=1S/C12H15F3N2OS/c1-8(17-19(18)11(2,3)4)9-6-5-7-10(16-9)12(13,14)15/h5-7H,1-4H3/b17-8+/t19-/m0/s1. The van der Waals surface area contributed by atoms with Crippen LogP contribution in [0.15, 0.2) is 22.6 Å². The van der Waals surface area contributed by atoms with Crippen LogP contribution in [0.25, 0.3) is 0 Å². The maximum absolute atomic E-state index is 12.5. The quantitative estimate of drug-likeness (QED) is 0.784. The second-order valence-electron chi connectivity index (χ2n) is 4.94. The molecule has 0 aromatic carbocycles. The fourth-order valence-corrected chi connectivity index (χ4v) is 1.72. The average Bonchev–Trinajstić information content (AvgIpc) is 2.26. The molecule has 19 heavy (non-hydrogen) atoms. The fourth-order valence-electron chi connectivity index (χ4n) is 1.10. The van der Waals surface area contributed by atoms with Crippen molar-refractivity contribution in [3.8, 4) is 0 Å². The maximum atomic E-state index is 12.5. The first-order valence-corrected chi connectivity index (χ1v) is 6.64. The van der Waals surface area contributed by atoms with Crippen LogP contribution in [-0.2, 0) is 17.2 Å². The highest BCUT2D eigenvalue weighted by molar-refractivity contribution is 7.85. The van der Waals surface area contributed by atoms with E-state index in [1.54, 1.807) is 20.8 Å². The monoisotopic (exact) mass is 292 g/mol. The Kier molecular flexibility index (Phi) is 4.50. The third-order valence-corrected chi connectivity index (χ3v) is 3.64. The molecule has 0 bridgehead atoms. The van der Waals surface area contributed by atoms with E-state index in [2.05, 4.69) is 9.38 Å². The largest absolute Gasteiger partial charge is 0.433 e. The van der Waals surface area contributed by atoms with E-state index in [1.165, 1.54) is 19.1 Å². The molecule has 0 aliphatic rings. The highest BCUT2D eigenvalue weighted by atomic mass is 32.2. The fraction of sp³-hybridized carbons (Fsp3) is 0.500. The third-order valence-electron chi connectivity index (χ3n) is 2.15. The minimum atomic E-state index is -4.50. The van der Waals surface area contributed by atoms with Crippen LogP contribution in [0.3, 0.4) is 0 Å². The van der Waals surface area contributed by atoms with Gasteiger partial charge in [-0.25, -0.2) is 9.19 Å². The summed E-state index contributed by atoms with van der Waals surface area (Å²) in [5.41, 5.74) is -0.687. The smallest absolute Gasteiger partial charge is 0.242 e. The predicted molar refractivity (Wildman–Crippen MR) is 69.3 cm³/mol. The van der Waals surface area contributed by atoms with Gasteiger partial charge in [-0.1, -0.05) is 6.07 Å². The molecule has 106 valence electrons. The van der Waals surface area contributed by atoms with Gasteiger partial charge in [-0.05, 0) is 39.8 Å². The van der Waals surface area contributed by atoms with Gasteiger partial charge in [0.15, 0.2) is 0 Å². The lowest BCUT2D eigenvalue weighted by atomic mass is 10.2. The molecule has 0 aliphatic heterocycles. The Bertz CT molecular complexity index is 518. The summed E-state index contributed by atoms with van der Waals surface area (Å²) >= 11 is 0. The lowest BCUT2D eigenvalue weighted by Crippen LogP contribution is -2.21. The minimum Gasteiger partial charge on any atom is -0.242 e. The summed E-state index contributed by atoms with van der Waals surface area (Å²) in [7, 11) is -1.53. The van der Waals surface area contributed by atoms with Crippen molar-refractivity contribution in [3.05, 3.63) is 29.6 Å². The molecular weight excluding hydrogens is 277 g/mol. The second-order valence-corrected chi connectivity index (χ2v) is 6.85. The van der Waals surface area contributed by atoms with Crippen molar-refractivity contribution in [3.63, 3.8) is 0 Å². The van der Waals surface area contributed by atoms with E-state index in [0.29, 0.717) is 0 Å². The van der Waals surface area contributed by atoms with Gasteiger partial charge >= 0.3 is 6.18 Å². The molecule has 0 aliphatic carbocycles. The molecule has 0 saturated heterocycles. The molecule has 1 aromatic heterocycles. The molecule has 3 nitrogen and oxygen atoms in total. The van der Waals surface area contributed by atoms with E-state index in [-0.39, 0.29) is 11.4 Å². The van der Waals surface area contributed by atoms with Crippen molar-refractivity contribution in [1.29, 1.82) is 0 Å². The highest BCUT2D eigenvalue weighted by Gasteiger charge is 2.32. The first-order chi connectivity index (χ1) is 8.51. The Morgan fingerprint density at radius 3 is 2.32 bits per heavy atom. The van der Waals surface area contributed by atoms with E-state index in [4.69, 9.17) is 0 Å². The van der Waals surface area contributed by atoms with E-state index in [0.717, 1.165) is 6.07 Å². The maximum Gasteiger partial charge on any atom is 0.433 e. The van der Waals surface area contributed by atoms with E-state index in [9.17, 15) is 17.4 Å². The normalized spacial score (nSPS) is 15.4. The molecule has 1 atom stereocenters. The number of pyridine rings is 1. The zero-order valence-corrected chi connectivity index (χ0v) is 11.9. The number of halogens is 3. The Balaban J connectivity index is 3.11. The van der Waals surface area contributed by atoms with Crippen LogP contribution in [0, 0.1) is 0 Å². The molecule has 0 spiro atoms. The zero-order chi connectivity index (χ0) is 14.8. The van der Waals surface area contributed by atoms with Gasteiger partial charge in [0.05, 0.1) is 16.2 Å². The zero-order valence-electron chi connectivity index (χ0n) is 11.1. The van der Waals surface area contributed by atoms with Crippen molar-refractivity contribution in [2.45, 2.75) is 38.6 Å². The molecule has 0 radical (unpaired) electrons. The summed E-state index contributed by atoms with van der Waals surface area (Å²) in [6.45, 7) is 6.70. The van der Waals surface area contributed by atoms with Crippen LogP contribution < -0.4 is 0 Å². The van der Waals surface area contributed by atoms with Gasteiger partial charge < -0.3 is 0 Å². The van der Waals surface area contributed by atoms with Gasteiger partial charge in [0.2, 0.25) is 0 Å². The lowest BCUT2D eigenvalue weighted by molar-refractivity contribution is -0.141. The first kappa shape index (κ1) is 15.8. The molecule has 1 aromatic rings. The Hall–Kier alpha value is -1.24. The van der Waals surface area contributed by atoms with E-state index >= 15 is 0 Å². The average molecular weight is 292 g/mol. The minimum absolute atomic E-state index is 0.0763. The number of aromatic nitrogens is 1. The Labute approximate surface area is 112 Å². The summed E-state index contributed by atoms with van der Waals surface area (Å²) in [5.74, 6) is 0. The first-order valence-electron chi connectivity index (χ1n) is 5.54. The molecule has 0 saturated carbocycles. The number of rotatable bonds is 2. The molecule has 0 fully saturated rings. The van der Waals surface area contributed by atoms with Crippen LogP contribution in [0.2, 0.25) is 0 Å². The van der Waals surface area contributed by atoms with Gasteiger partial charge in [0.25, 0.3) is 0 Å². The summed E-state index contributed by atoms with van der Waals surface area (Å²) in [6, 6.07) is 3.55. The van der Waals surface area contributed by atoms with Gasteiger partial charge in [-0.3, -0.25) is 0 Å². The predicted octanol–water partition coefficient (Wildman–Crippen LogP) is 3.37. The number of nitrogens with zero attached hydrogens (tertiary/aromatic N) is 2. The van der Waals surface area contributed by atoms with E-state index in [1.807, 2.05) is 0 Å². The summed E-state index contributed by atoms with van der Waals surface area (Å²) < 4.78 is 52.7. The van der Waals surface area contributed by atoms with Crippen molar-refractivity contribution in [2.24, 2.45) is 4.40 Å². The van der Waals surface area contributed by atoms with Gasteiger partial charge in [0, 0.05) is 0 Å². The summed E-state index contributed by atoms with van der Waals surface area (Å²) in [4.78, 5) is 3.49. The molecule has 1 rings (SSSR count). The molecule has 0 N–H and O–H groups in total. The second kappa shape index (κ2) is 5.40. The van der Waals surface area contributed by atoms with Gasteiger partial charge in [-0.2, -0.15) is 17.6 Å². The lowest BCUT2D eigenvalue weighted by Gasteiger charge is -2.14. The molecule has 0 amide bonds. The molecule has 0 unspecified atom stereocenters. The number of hydrogen-bond acceptors (Lipinski definition) is 2. The number of hydrogen-bond donors (Lipinski definition) is 0. The van der Waals surface area contributed by atoms with Crippen LogP contribution in [0.1, 0.15) is 39.1 Å². The van der Waals surface area contributed by atoms with Crippen molar-refractivity contribution < 1.29 is 17.4 Å². The van der Waals surface area contributed by atoms with Crippen molar-refractivity contribution in [2.75, 3.05) is 0 Å². The van der Waals surface area contributed by atoms with Crippen molar-refractivity contribution in [1.82, 2.24) is 4.98 Å². The summed E-state index contributed by atoms with van der Waals surface area (Å²) in [5, 5.41) is 0. The van der Waals surface area contributed by atoms with Gasteiger partial charge in [0.1, 0.15) is 16.7 Å². The Morgan fingerprint density at radius 1 is 1.26 bits per heavy atom. The van der Waals surface area contributed by atoms with Gasteiger partial charge in [-0.15, -0.1) is 0 Å². The van der Waals surface area contributed by atoms with Crippen LogP contribution in [0.4, 0.5) is 13.2 Å². The van der Waals surface area contributed by atoms with Crippen molar-refractivity contribution >= 4 is 16.7 Å². The number of alkyl halides is 3. The molecule has 1 heterocycles. The third kappa shape index (κ3) is 4.41. The highest BCUT2D eigenvalue weighted by Crippen LogP contribution is 2.27. The molecular formula is C12H15F3N2OS. The Morgan fingerprint density at radius 2 is 1.84 bits per heavy atom.